The molecule has 4 rings (SSSR count). The SMILES string of the molecule is O=C(CSc1ccc(NC(=O)/C(=C/c2cccc(Br)c2)NC(=O)c2ccccc2)cc1)Nc1ccccc1Cl. The Balaban J connectivity index is 1.41. The van der Waals surface area contributed by atoms with Gasteiger partial charge in [0, 0.05) is 20.6 Å². The van der Waals surface area contributed by atoms with E-state index < -0.39 is 11.8 Å². The van der Waals surface area contributed by atoms with Crippen LogP contribution in [-0.2, 0) is 9.59 Å². The molecule has 0 spiro atoms. The van der Waals surface area contributed by atoms with E-state index >= 15 is 0 Å². The van der Waals surface area contributed by atoms with Gasteiger partial charge < -0.3 is 16.0 Å². The van der Waals surface area contributed by atoms with Gasteiger partial charge >= 0.3 is 0 Å². The van der Waals surface area contributed by atoms with Gasteiger partial charge in [-0.1, -0.05) is 70.0 Å². The van der Waals surface area contributed by atoms with Crippen LogP contribution in [0, 0.1) is 0 Å². The lowest BCUT2D eigenvalue weighted by Crippen LogP contribution is -2.30. The third kappa shape index (κ3) is 8.58. The average molecular weight is 621 g/mol. The molecule has 0 fully saturated rings. The summed E-state index contributed by atoms with van der Waals surface area (Å²) >= 11 is 10.9. The van der Waals surface area contributed by atoms with E-state index in [2.05, 4.69) is 31.9 Å². The normalized spacial score (nSPS) is 11.0. The first-order valence-electron chi connectivity index (χ1n) is 11.8. The molecule has 196 valence electrons. The van der Waals surface area contributed by atoms with E-state index in [1.807, 2.05) is 42.5 Å². The van der Waals surface area contributed by atoms with Crippen molar-refractivity contribution >= 4 is 74.5 Å². The van der Waals surface area contributed by atoms with E-state index in [1.165, 1.54) is 11.8 Å². The molecule has 0 aliphatic rings. The van der Waals surface area contributed by atoms with E-state index in [1.54, 1.807) is 66.7 Å². The fraction of sp³-hybridized carbons (Fsp3) is 0.0333. The summed E-state index contributed by atoms with van der Waals surface area (Å²) in [5, 5.41) is 8.82. The van der Waals surface area contributed by atoms with Crippen LogP contribution in [0.15, 0.2) is 118 Å². The number of thioether (sulfide) groups is 1. The van der Waals surface area contributed by atoms with Crippen LogP contribution in [0.2, 0.25) is 5.02 Å². The molecule has 0 aromatic heterocycles. The second-order valence-corrected chi connectivity index (χ2v) is 10.6. The first-order valence-corrected chi connectivity index (χ1v) is 14.0. The summed E-state index contributed by atoms with van der Waals surface area (Å²) in [5.74, 6) is -0.850. The Kier molecular flexibility index (Phi) is 9.97. The molecule has 6 nitrogen and oxygen atoms in total. The molecule has 0 saturated carbocycles. The number of amides is 3. The van der Waals surface area contributed by atoms with E-state index in [0.29, 0.717) is 22.0 Å². The van der Waals surface area contributed by atoms with Crippen molar-refractivity contribution in [3.8, 4) is 0 Å². The number of halogens is 2. The first kappa shape index (κ1) is 28.2. The van der Waals surface area contributed by atoms with Gasteiger partial charge in [-0.3, -0.25) is 14.4 Å². The Morgan fingerprint density at radius 3 is 2.26 bits per heavy atom. The minimum absolute atomic E-state index is 0.0941. The molecule has 3 N–H and O–H groups in total. The molecule has 0 atom stereocenters. The molecule has 4 aromatic rings. The second-order valence-electron chi connectivity index (χ2n) is 8.23. The summed E-state index contributed by atoms with van der Waals surface area (Å²) in [6.45, 7) is 0. The van der Waals surface area contributed by atoms with E-state index in [4.69, 9.17) is 11.6 Å². The predicted octanol–water partition coefficient (Wildman–Crippen LogP) is 7.24. The summed E-state index contributed by atoms with van der Waals surface area (Å²) in [5.41, 5.74) is 2.37. The molecule has 0 unspecified atom stereocenters. The molecule has 9 heteroatoms. The highest BCUT2D eigenvalue weighted by Gasteiger charge is 2.15. The first-order chi connectivity index (χ1) is 18.9. The monoisotopic (exact) mass is 619 g/mol. The van der Waals surface area contributed by atoms with Gasteiger partial charge in [0.2, 0.25) is 5.91 Å². The molecular weight excluding hydrogens is 598 g/mol. The number of para-hydroxylation sites is 1. The molecule has 4 aromatic carbocycles. The highest BCUT2D eigenvalue weighted by atomic mass is 79.9. The zero-order valence-corrected chi connectivity index (χ0v) is 23.6. The number of hydrogen-bond donors (Lipinski definition) is 3. The number of rotatable bonds is 9. The van der Waals surface area contributed by atoms with Gasteiger partial charge in [0.1, 0.15) is 5.70 Å². The highest BCUT2D eigenvalue weighted by molar-refractivity contribution is 9.10. The van der Waals surface area contributed by atoms with E-state index in [9.17, 15) is 14.4 Å². The standard InChI is InChI=1S/C30H23BrClN3O3S/c31-22-10-6-7-20(17-22)18-27(35-29(37)21-8-2-1-3-9-21)30(38)33-23-13-15-24(16-14-23)39-19-28(36)34-26-12-5-4-11-25(26)32/h1-18H,19H2,(H,33,38)(H,34,36)(H,35,37)/b27-18-. The summed E-state index contributed by atoms with van der Waals surface area (Å²) in [7, 11) is 0. The number of carbonyl (C=O) groups excluding carboxylic acids is 3. The van der Waals surface area contributed by atoms with Crippen LogP contribution in [0.25, 0.3) is 6.08 Å². The third-order valence-corrected chi connectivity index (χ3v) is 7.15. The van der Waals surface area contributed by atoms with Crippen LogP contribution < -0.4 is 16.0 Å². The van der Waals surface area contributed by atoms with Crippen LogP contribution >= 0.6 is 39.3 Å². The van der Waals surface area contributed by atoms with Crippen molar-refractivity contribution in [3.05, 3.63) is 129 Å². The smallest absolute Gasteiger partial charge is 0.272 e. The van der Waals surface area contributed by atoms with Gasteiger partial charge in [-0.25, -0.2) is 0 Å². The molecule has 0 heterocycles. The van der Waals surface area contributed by atoms with Gasteiger partial charge in [-0.2, -0.15) is 0 Å². The predicted molar refractivity (Wildman–Crippen MR) is 162 cm³/mol. The van der Waals surface area contributed by atoms with Crippen molar-refractivity contribution in [3.63, 3.8) is 0 Å². The zero-order valence-electron chi connectivity index (χ0n) is 20.5. The van der Waals surface area contributed by atoms with Gasteiger partial charge in [0.25, 0.3) is 11.8 Å². The topological polar surface area (TPSA) is 87.3 Å². The summed E-state index contributed by atoms with van der Waals surface area (Å²) in [4.78, 5) is 39.1. The van der Waals surface area contributed by atoms with E-state index in [0.717, 1.165) is 14.9 Å². The fourth-order valence-electron chi connectivity index (χ4n) is 3.44. The third-order valence-electron chi connectivity index (χ3n) is 5.32. The van der Waals surface area contributed by atoms with Crippen molar-refractivity contribution in [2.24, 2.45) is 0 Å². The molecule has 0 bridgehead atoms. The Labute approximate surface area is 244 Å². The molecular formula is C30H23BrClN3O3S. The van der Waals surface area contributed by atoms with Crippen molar-refractivity contribution < 1.29 is 14.4 Å². The lowest BCUT2D eigenvalue weighted by atomic mass is 10.1. The lowest BCUT2D eigenvalue weighted by molar-refractivity contribution is -0.114. The maximum atomic E-state index is 13.2. The Morgan fingerprint density at radius 2 is 1.54 bits per heavy atom. The maximum absolute atomic E-state index is 13.2. The highest BCUT2D eigenvalue weighted by Crippen LogP contribution is 2.24. The van der Waals surface area contributed by atoms with Gasteiger partial charge in [0.15, 0.2) is 0 Å². The van der Waals surface area contributed by atoms with Crippen LogP contribution in [0.3, 0.4) is 0 Å². The molecule has 3 amide bonds. The molecule has 0 aliphatic heterocycles. The average Bonchev–Trinajstić information content (AvgIpc) is 2.94. The second kappa shape index (κ2) is 13.8. The van der Waals surface area contributed by atoms with Crippen molar-refractivity contribution in [1.29, 1.82) is 0 Å². The Hall–Kier alpha value is -3.85. The van der Waals surface area contributed by atoms with Crippen LogP contribution in [0.5, 0.6) is 0 Å². The number of carbonyl (C=O) groups is 3. The minimum atomic E-state index is -0.473. The van der Waals surface area contributed by atoms with Crippen LogP contribution in [0.1, 0.15) is 15.9 Å². The Bertz CT molecular complexity index is 1510. The van der Waals surface area contributed by atoms with Gasteiger partial charge in [-0.05, 0) is 72.3 Å². The molecule has 0 saturated heterocycles. The van der Waals surface area contributed by atoms with Crippen molar-refractivity contribution in [1.82, 2.24) is 5.32 Å². The summed E-state index contributed by atoms with van der Waals surface area (Å²) in [6, 6.07) is 30.2. The lowest BCUT2D eigenvalue weighted by Gasteiger charge is -2.12. The minimum Gasteiger partial charge on any atom is -0.324 e. The molecule has 0 radical (unpaired) electrons. The van der Waals surface area contributed by atoms with Gasteiger partial charge in [-0.15, -0.1) is 11.8 Å². The molecule has 0 aliphatic carbocycles. The fourth-order valence-corrected chi connectivity index (χ4v) is 4.73. The number of hydrogen-bond acceptors (Lipinski definition) is 4. The maximum Gasteiger partial charge on any atom is 0.272 e. The number of benzene rings is 4. The summed E-state index contributed by atoms with van der Waals surface area (Å²) < 4.78 is 0.846. The van der Waals surface area contributed by atoms with Crippen LogP contribution in [-0.4, -0.2) is 23.5 Å². The van der Waals surface area contributed by atoms with Crippen LogP contribution in [0.4, 0.5) is 11.4 Å². The van der Waals surface area contributed by atoms with E-state index in [-0.39, 0.29) is 17.4 Å². The van der Waals surface area contributed by atoms with Crippen molar-refractivity contribution in [2.45, 2.75) is 4.90 Å². The largest absolute Gasteiger partial charge is 0.324 e. The van der Waals surface area contributed by atoms with Gasteiger partial charge in [0.05, 0.1) is 16.5 Å². The summed E-state index contributed by atoms with van der Waals surface area (Å²) in [6.07, 6.45) is 1.61. The number of nitrogens with one attached hydrogen (secondary N) is 3. The number of anilines is 2. The van der Waals surface area contributed by atoms with Crippen molar-refractivity contribution in [2.75, 3.05) is 16.4 Å². The zero-order chi connectivity index (χ0) is 27.6. The quantitative estimate of drug-likeness (QED) is 0.136. The molecule has 39 heavy (non-hydrogen) atoms. The Morgan fingerprint density at radius 1 is 0.821 bits per heavy atom.